The van der Waals surface area contributed by atoms with Crippen molar-refractivity contribution in [1.82, 2.24) is 90.4 Å². The Labute approximate surface area is 444 Å². The Balaban J connectivity index is 4.35. The van der Waals surface area contributed by atoms with Crippen LogP contribution in [0.2, 0.25) is 0 Å². The molecule has 0 spiro atoms. The number of nitrogens with two attached hydrogens (primary N) is 1. The molecule has 0 unspecified atom stereocenters. The molecule has 0 aromatic carbocycles. The number of aliphatic hydroxyl groups is 3. The molecule has 40 heteroatoms. The summed E-state index contributed by atoms with van der Waals surface area (Å²) >= 11 is 0. The van der Waals surface area contributed by atoms with Gasteiger partial charge >= 0.3 is 5.97 Å². The molecule has 0 fully saturated rings. The fourth-order valence-corrected chi connectivity index (χ4v) is 4.80. The van der Waals surface area contributed by atoms with E-state index >= 15 is 0 Å². The van der Waals surface area contributed by atoms with Gasteiger partial charge in [-0.3, -0.25) is 81.5 Å². The Morgan fingerprint density at radius 1 is 0.253 bits per heavy atom. The van der Waals surface area contributed by atoms with Crippen molar-refractivity contribution in [3.63, 3.8) is 0 Å². The number of aliphatic hydroxyl groups excluding tert-OH is 3. The van der Waals surface area contributed by atoms with Crippen LogP contribution in [0.5, 0.6) is 0 Å². The van der Waals surface area contributed by atoms with Crippen molar-refractivity contribution in [3.05, 3.63) is 0 Å². The highest BCUT2D eigenvalue weighted by atomic mass is 16.4. The van der Waals surface area contributed by atoms with Gasteiger partial charge in [0, 0.05) is 0 Å². The van der Waals surface area contributed by atoms with Crippen LogP contribution in [-0.2, 0) is 86.3 Å². The van der Waals surface area contributed by atoms with Crippen LogP contribution in [0, 0.1) is 0 Å². The molecule has 0 saturated heterocycles. The number of carbonyl (C=O) groups is 18. The number of carbonyl (C=O) groups excluding carboxylic acids is 17. The van der Waals surface area contributed by atoms with E-state index in [-0.39, 0.29) is 6.54 Å². The van der Waals surface area contributed by atoms with Crippen LogP contribution in [0.15, 0.2) is 0 Å². The van der Waals surface area contributed by atoms with Crippen molar-refractivity contribution in [3.8, 4) is 0 Å². The Morgan fingerprint density at radius 2 is 0.418 bits per heavy atom. The molecular weight excluding hydrogens is 1070 g/mol. The molecule has 3 atom stereocenters. The molecule has 0 aliphatic rings. The monoisotopic (exact) mass is 1130 g/mol. The van der Waals surface area contributed by atoms with Gasteiger partial charge in [-0.1, -0.05) is 0 Å². The Bertz CT molecular complexity index is 2250. The molecular formula is C39H62N18O22. The summed E-state index contributed by atoms with van der Waals surface area (Å²) in [7, 11) is 0. The van der Waals surface area contributed by atoms with Crippen molar-refractivity contribution in [1.29, 1.82) is 0 Å². The Kier molecular flexibility index (Phi) is 34.8. The first-order chi connectivity index (χ1) is 37.3. The first kappa shape index (κ1) is 69.3. The number of nitrogens with one attached hydrogen (secondary N) is 17. The maximum atomic E-state index is 12.4. The Hall–Kier alpha value is -9.70. The summed E-state index contributed by atoms with van der Waals surface area (Å²) in [4.78, 5) is 214. The molecule has 0 saturated carbocycles. The van der Waals surface area contributed by atoms with E-state index in [9.17, 15) is 96.5 Å². The standard InChI is InChI=1S/C39H62N18O22/c40-1-22(61)41-2-23(62)42-3-24(63)45-8-29(68)50-13-34(73)55-19(16-58)37(76)53-11-32(71)48-6-27(66)43-4-25(64)46-9-30(69)51-14-35(74)56-20(17-59)38(77)54-12-33(72)49-7-28(67)44-5-26(65)47-10-31(70)52-15-36(75)57-21(18-60)39(78)79/h19-21,58-60H,1-18,40H2,(H,41,61)(H,42,62)(H,43,66)(H,44,67)(H,45,63)(H,46,64)(H,47,65)(H,48,71)(H,49,72)(H,50,68)(H,51,69)(H,52,70)(H,53,76)(H,54,77)(H,55,73)(H,56,74)(H,57,75)(H,78,79)/t19-,20-,21-/m0/s1. The minimum absolute atomic E-state index is 0.349. The third-order valence-electron chi connectivity index (χ3n) is 8.87. The van der Waals surface area contributed by atoms with Gasteiger partial charge < -0.3 is 117 Å². The van der Waals surface area contributed by atoms with Gasteiger partial charge in [0.1, 0.15) is 18.1 Å². The van der Waals surface area contributed by atoms with Crippen molar-refractivity contribution in [2.75, 3.05) is 118 Å². The molecule has 79 heavy (non-hydrogen) atoms. The van der Waals surface area contributed by atoms with Crippen molar-refractivity contribution in [2.45, 2.75) is 18.1 Å². The van der Waals surface area contributed by atoms with E-state index in [2.05, 4.69) is 85.1 Å². The molecule has 0 rings (SSSR count). The highest BCUT2D eigenvalue weighted by Crippen LogP contribution is 1.87. The van der Waals surface area contributed by atoms with Gasteiger partial charge in [-0.2, -0.15) is 0 Å². The van der Waals surface area contributed by atoms with E-state index in [0.717, 1.165) is 0 Å². The summed E-state index contributed by atoms with van der Waals surface area (Å²) in [6.07, 6.45) is 0. The van der Waals surface area contributed by atoms with Gasteiger partial charge in [-0.05, 0) is 0 Å². The van der Waals surface area contributed by atoms with E-state index in [1.54, 1.807) is 0 Å². The van der Waals surface area contributed by atoms with E-state index < -0.39 is 236 Å². The average molecular weight is 1140 g/mol. The number of amides is 17. The van der Waals surface area contributed by atoms with E-state index in [1.807, 2.05) is 5.32 Å². The van der Waals surface area contributed by atoms with Gasteiger partial charge in [-0.25, -0.2) is 4.79 Å². The molecule has 0 aromatic heterocycles. The van der Waals surface area contributed by atoms with Crippen molar-refractivity contribution in [2.24, 2.45) is 5.73 Å². The van der Waals surface area contributed by atoms with E-state index in [0.29, 0.717) is 0 Å². The highest BCUT2D eigenvalue weighted by Gasteiger charge is 2.24. The molecule has 0 aliphatic carbocycles. The molecule has 440 valence electrons. The maximum absolute atomic E-state index is 12.4. The lowest BCUT2D eigenvalue weighted by atomic mass is 10.3. The SMILES string of the molecule is NCC(=O)NCC(=O)NCC(=O)NCC(=O)NCC(=O)N[C@@H](CO)C(=O)NCC(=O)NCC(=O)NCC(=O)NCC(=O)NCC(=O)N[C@@H](CO)C(=O)NCC(=O)NCC(=O)NCC(=O)NCC(=O)NCC(=O)N[C@@H](CO)C(=O)O. The first-order valence-electron chi connectivity index (χ1n) is 22.7. The number of carboxylic acid groups (broad SMARTS) is 1. The minimum Gasteiger partial charge on any atom is -0.480 e. The maximum Gasteiger partial charge on any atom is 0.328 e. The quantitative estimate of drug-likeness (QED) is 0.0273. The minimum atomic E-state index is -1.63. The van der Waals surface area contributed by atoms with Crippen molar-refractivity contribution >= 4 is 106 Å². The predicted octanol–water partition coefficient (Wildman–Crippen LogP) is -17.9. The van der Waals surface area contributed by atoms with Crippen LogP contribution in [0.1, 0.15) is 0 Å². The zero-order valence-electron chi connectivity index (χ0n) is 41.7. The predicted molar refractivity (Wildman–Crippen MR) is 256 cm³/mol. The zero-order chi connectivity index (χ0) is 59.9. The molecule has 0 radical (unpaired) electrons. The second-order valence-corrected chi connectivity index (χ2v) is 15.2. The number of hydrogen-bond donors (Lipinski definition) is 22. The van der Waals surface area contributed by atoms with Gasteiger partial charge in [0.15, 0.2) is 0 Å². The normalized spacial score (nSPS) is 11.2. The fourth-order valence-electron chi connectivity index (χ4n) is 4.80. The lowest BCUT2D eigenvalue weighted by molar-refractivity contribution is -0.143. The first-order valence-corrected chi connectivity index (χ1v) is 22.7. The number of hydrogen-bond acceptors (Lipinski definition) is 22. The third-order valence-corrected chi connectivity index (χ3v) is 8.87. The Morgan fingerprint density at radius 3 is 0.595 bits per heavy atom. The summed E-state index contributed by atoms with van der Waals surface area (Å²) in [5.74, 6) is -16.8. The third kappa shape index (κ3) is 35.2. The van der Waals surface area contributed by atoms with Crippen LogP contribution in [-0.4, -0.2) is 263 Å². The second kappa shape index (κ2) is 39.7. The van der Waals surface area contributed by atoms with E-state index in [1.165, 1.54) is 0 Å². The molecule has 17 amide bonds. The molecule has 0 bridgehead atoms. The van der Waals surface area contributed by atoms with Gasteiger partial charge in [0.05, 0.1) is 118 Å². The number of carboxylic acids is 1. The smallest absolute Gasteiger partial charge is 0.328 e. The molecule has 40 nitrogen and oxygen atoms in total. The van der Waals surface area contributed by atoms with Crippen LogP contribution in [0.4, 0.5) is 0 Å². The number of aliphatic carboxylic acids is 1. The lowest BCUT2D eigenvalue weighted by Crippen LogP contribution is -2.53. The van der Waals surface area contributed by atoms with Crippen LogP contribution in [0.25, 0.3) is 0 Å². The summed E-state index contributed by atoms with van der Waals surface area (Å²) in [5, 5.41) is 72.4. The topological polar surface area (TPSA) is 619 Å². The summed E-state index contributed by atoms with van der Waals surface area (Å²) in [5.41, 5.74) is 5.08. The van der Waals surface area contributed by atoms with E-state index in [4.69, 9.17) is 15.9 Å². The lowest BCUT2D eigenvalue weighted by Gasteiger charge is -2.16. The summed E-state index contributed by atoms with van der Waals surface area (Å²) in [6, 6.07) is -4.83. The fraction of sp³-hybridized carbons (Fsp3) is 0.538. The average Bonchev–Trinajstić information content (AvgIpc) is 3.42. The molecule has 23 N–H and O–H groups in total. The number of rotatable bonds is 38. The van der Waals surface area contributed by atoms with Crippen LogP contribution >= 0.6 is 0 Å². The zero-order valence-corrected chi connectivity index (χ0v) is 41.7. The molecule has 0 aliphatic heterocycles. The summed E-state index contributed by atoms with van der Waals surface area (Å²) in [6.45, 7) is -12.6. The van der Waals surface area contributed by atoms with Gasteiger partial charge in [-0.15, -0.1) is 0 Å². The summed E-state index contributed by atoms with van der Waals surface area (Å²) < 4.78 is 0. The largest absolute Gasteiger partial charge is 0.480 e. The van der Waals surface area contributed by atoms with Crippen molar-refractivity contribution < 1.29 is 107 Å². The highest BCUT2D eigenvalue weighted by molar-refractivity contribution is 5.97. The van der Waals surface area contributed by atoms with Crippen LogP contribution in [0.3, 0.4) is 0 Å². The molecule has 0 aromatic rings. The second-order valence-electron chi connectivity index (χ2n) is 15.2. The van der Waals surface area contributed by atoms with Crippen LogP contribution < -0.4 is 96.1 Å². The molecule has 0 heterocycles. The van der Waals surface area contributed by atoms with Gasteiger partial charge in [0.25, 0.3) is 0 Å². The van der Waals surface area contributed by atoms with Gasteiger partial charge in [0.2, 0.25) is 100 Å².